The number of carbonyl (C=O) groups is 1. The first-order valence-electron chi connectivity index (χ1n) is 11.5. The number of hydrogen-bond donors (Lipinski definition) is 0. The number of ether oxygens (including phenoxy) is 1. The average molecular weight is 559 g/mol. The zero-order valence-corrected chi connectivity index (χ0v) is 22.2. The second-order valence-corrected chi connectivity index (χ2v) is 12.4. The molecule has 200 valence electrons. The average Bonchev–Trinajstić information content (AvgIpc) is 3.14. The number of sulfone groups is 1. The zero-order chi connectivity index (χ0) is 27.3. The number of likely N-dealkylation sites (tertiary alicyclic amines) is 1. The van der Waals surface area contributed by atoms with Gasteiger partial charge in [-0.25, -0.2) is 27.6 Å². The molecular formula is C24H26ClF3N4O4S. The fourth-order valence-electron chi connectivity index (χ4n) is 4.32. The summed E-state index contributed by atoms with van der Waals surface area (Å²) in [4.78, 5) is 21.5. The van der Waals surface area contributed by atoms with Crippen LogP contribution in [0.15, 0.2) is 35.6 Å². The minimum Gasteiger partial charge on any atom is -0.444 e. The summed E-state index contributed by atoms with van der Waals surface area (Å²) in [5.74, 6) is -4.77. The molecule has 1 aliphatic rings. The van der Waals surface area contributed by atoms with Crippen LogP contribution in [0.3, 0.4) is 0 Å². The van der Waals surface area contributed by atoms with Crippen molar-refractivity contribution in [2.45, 2.75) is 56.1 Å². The van der Waals surface area contributed by atoms with Crippen LogP contribution in [-0.4, -0.2) is 58.9 Å². The van der Waals surface area contributed by atoms with Gasteiger partial charge in [-0.15, -0.1) is 0 Å². The molecular weight excluding hydrogens is 533 g/mol. The second kappa shape index (κ2) is 9.46. The van der Waals surface area contributed by atoms with E-state index in [1.165, 1.54) is 4.57 Å². The van der Waals surface area contributed by atoms with E-state index in [-0.39, 0.29) is 16.6 Å². The lowest BCUT2D eigenvalue weighted by atomic mass is 10.0. The lowest BCUT2D eigenvalue weighted by molar-refractivity contribution is 0.0189. The van der Waals surface area contributed by atoms with Crippen molar-refractivity contribution in [2.75, 3.05) is 19.3 Å². The Balaban J connectivity index is 1.66. The summed E-state index contributed by atoms with van der Waals surface area (Å²) in [6.45, 7) is 6.00. The van der Waals surface area contributed by atoms with Crippen molar-refractivity contribution in [3.8, 4) is 0 Å². The molecule has 0 spiro atoms. The number of alkyl halides is 2. The van der Waals surface area contributed by atoms with Gasteiger partial charge in [-0.3, -0.25) is 0 Å². The van der Waals surface area contributed by atoms with Crippen molar-refractivity contribution < 1.29 is 31.1 Å². The largest absolute Gasteiger partial charge is 0.444 e. The molecule has 37 heavy (non-hydrogen) atoms. The summed E-state index contributed by atoms with van der Waals surface area (Å²) in [7, 11) is -3.67. The standard InChI is InChI=1S/C24H26ClF3N4O4S/c1-23(2,3)36-22(33)31-9-7-14(8-10-31)32-12-18(26)19-20(29-13-30-21(19)32)24(27,28)16-6-5-15(11-17(16)25)37(4,34)35/h5-6,11-14H,7-10H2,1-4H3. The first-order chi connectivity index (χ1) is 17.1. The van der Waals surface area contributed by atoms with Crippen LogP contribution in [0.2, 0.25) is 5.02 Å². The molecule has 1 aliphatic heterocycles. The first-order valence-corrected chi connectivity index (χ1v) is 13.7. The summed E-state index contributed by atoms with van der Waals surface area (Å²) in [6.07, 6.45) is 3.41. The molecule has 3 aromatic rings. The van der Waals surface area contributed by atoms with Crippen LogP contribution >= 0.6 is 11.6 Å². The molecule has 8 nitrogen and oxygen atoms in total. The highest BCUT2D eigenvalue weighted by atomic mass is 35.5. The summed E-state index contributed by atoms with van der Waals surface area (Å²) in [6, 6.07) is 2.55. The number of benzene rings is 1. The molecule has 13 heteroatoms. The Bertz CT molecular complexity index is 1460. The Labute approximate surface area is 217 Å². The van der Waals surface area contributed by atoms with Gasteiger partial charge < -0.3 is 14.2 Å². The van der Waals surface area contributed by atoms with Crippen LogP contribution in [0.5, 0.6) is 0 Å². The molecule has 1 saturated heterocycles. The predicted octanol–water partition coefficient (Wildman–Crippen LogP) is 5.34. The van der Waals surface area contributed by atoms with Crippen molar-refractivity contribution >= 4 is 38.6 Å². The summed E-state index contributed by atoms with van der Waals surface area (Å²) < 4.78 is 76.9. The Hall–Kier alpha value is -2.86. The van der Waals surface area contributed by atoms with Gasteiger partial charge in [0.05, 0.1) is 15.3 Å². The third-order valence-corrected chi connectivity index (χ3v) is 7.50. The number of fused-ring (bicyclic) bond motifs is 1. The highest BCUT2D eigenvalue weighted by Gasteiger charge is 2.41. The Morgan fingerprint density at radius 3 is 2.38 bits per heavy atom. The normalized spacial score (nSPS) is 15.8. The quantitative estimate of drug-likeness (QED) is 0.429. The van der Waals surface area contributed by atoms with Crippen LogP contribution in [0.4, 0.5) is 18.0 Å². The molecule has 0 radical (unpaired) electrons. The van der Waals surface area contributed by atoms with Gasteiger partial charge in [0.2, 0.25) is 0 Å². The molecule has 1 amide bonds. The minimum absolute atomic E-state index is 0.0122. The predicted molar refractivity (Wildman–Crippen MR) is 131 cm³/mol. The van der Waals surface area contributed by atoms with Gasteiger partial charge >= 0.3 is 12.0 Å². The maximum Gasteiger partial charge on any atom is 0.410 e. The number of piperidine rings is 1. The molecule has 1 aromatic carbocycles. The number of hydrogen-bond acceptors (Lipinski definition) is 6. The van der Waals surface area contributed by atoms with E-state index in [9.17, 15) is 13.2 Å². The van der Waals surface area contributed by atoms with Crippen molar-refractivity contribution in [3.05, 3.63) is 52.8 Å². The van der Waals surface area contributed by atoms with E-state index in [1.54, 1.807) is 25.7 Å². The molecule has 2 aromatic heterocycles. The number of nitrogens with zero attached hydrogens (tertiary/aromatic N) is 4. The number of carbonyl (C=O) groups excluding carboxylic acids is 1. The number of amides is 1. The van der Waals surface area contributed by atoms with Crippen LogP contribution in [-0.2, 0) is 20.5 Å². The van der Waals surface area contributed by atoms with Crippen molar-refractivity contribution in [1.29, 1.82) is 0 Å². The molecule has 0 aliphatic carbocycles. The van der Waals surface area contributed by atoms with Crippen LogP contribution < -0.4 is 0 Å². The smallest absolute Gasteiger partial charge is 0.410 e. The second-order valence-electron chi connectivity index (χ2n) is 9.99. The van der Waals surface area contributed by atoms with Crippen molar-refractivity contribution in [2.24, 2.45) is 0 Å². The van der Waals surface area contributed by atoms with Gasteiger partial charge in [-0.1, -0.05) is 11.6 Å². The first kappa shape index (κ1) is 27.2. The van der Waals surface area contributed by atoms with E-state index in [1.807, 2.05) is 0 Å². The Morgan fingerprint density at radius 2 is 1.81 bits per heavy atom. The lowest BCUT2D eigenvalue weighted by Gasteiger charge is -2.34. The summed E-state index contributed by atoms with van der Waals surface area (Å²) >= 11 is 6.04. The summed E-state index contributed by atoms with van der Waals surface area (Å²) in [5.41, 5.74) is -2.24. The van der Waals surface area contributed by atoms with E-state index in [0.29, 0.717) is 25.9 Å². The van der Waals surface area contributed by atoms with Gasteiger partial charge in [0.25, 0.3) is 0 Å². The number of halogens is 4. The molecule has 0 atom stereocenters. The Kier molecular flexibility index (Phi) is 6.95. The monoisotopic (exact) mass is 558 g/mol. The van der Waals surface area contributed by atoms with E-state index < -0.39 is 54.9 Å². The number of aromatic nitrogens is 3. The highest BCUT2D eigenvalue weighted by molar-refractivity contribution is 7.90. The van der Waals surface area contributed by atoms with Gasteiger partial charge in [-0.05, 0) is 51.8 Å². The zero-order valence-electron chi connectivity index (χ0n) is 20.6. The Morgan fingerprint density at radius 1 is 1.16 bits per heavy atom. The maximum atomic E-state index is 15.7. The summed E-state index contributed by atoms with van der Waals surface area (Å²) in [5, 5.41) is -0.945. The van der Waals surface area contributed by atoms with E-state index >= 15 is 13.2 Å². The third-order valence-electron chi connectivity index (χ3n) is 6.08. The minimum atomic E-state index is -3.85. The molecule has 1 fully saturated rings. The fraction of sp³-hybridized carbons (Fsp3) is 0.458. The third kappa shape index (κ3) is 5.40. The molecule has 3 heterocycles. The van der Waals surface area contributed by atoms with Crippen LogP contribution in [0.25, 0.3) is 11.0 Å². The van der Waals surface area contributed by atoms with E-state index in [0.717, 1.165) is 37.0 Å². The molecule has 0 bridgehead atoms. The van der Waals surface area contributed by atoms with Crippen LogP contribution in [0.1, 0.15) is 50.9 Å². The van der Waals surface area contributed by atoms with Crippen molar-refractivity contribution in [1.82, 2.24) is 19.4 Å². The lowest BCUT2D eigenvalue weighted by Crippen LogP contribution is -2.42. The maximum absolute atomic E-state index is 15.7. The molecule has 0 N–H and O–H groups in total. The molecule has 0 saturated carbocycles. The number of rotatable bonds is 4. The van der Waals surface area contributed by atoms with Crippen molar-refractivity contribution in [3.63, 3.8) is 0 Å². The van der Waals surface area contributed by atoms with Gasteiger partial charge in [0, 0.05) is 37.1 Å². The van der Waals surface area contributed by atoms with Gasteiger partial charge in [0.1, 0.15) is 23.3 Å². The topological polar surface area (TPSA) is 94.4 Å². The van der Waals surface area contributed by atoms with E-state index in [2.05, 4.69) is 9.97 Å². The fourth-order valence-corrected chi connectivity index (χ4v) is 5.33. The van der Waals surface area contributed by atoms with Crippen LogP contribution in [0, 0.1) is 5.82 Å². The van der Waals surface area contributed by atoms with E-state index in [4.69, 9.17) is 16.3 Å². The molecule has 4 rings (SSSR count). The molecule has 0 unspecified atom stereocenters. The highest BCUT2D eigenvalue weighted by Crippen LogP contribution is 2.43. The van der Waals surface area contributed by atoms with Gasteiger partial charge in [-0.2, -0.15) is 8.78 Å². The SMILES string of the molecule is CC(C)(C)OC(=O)N1CCC(n2cc(F)c3c(C(F)(F)c4ccc(S(C)(=O)=O)cc4Cl)ncnc32)CC1. The van der Waals surface area contributed by atoms with Gasteiger partial charge in [0.15, 0.2) is 15.7 Å².